The third-order valence-corrected chi connectivity index (χ3v) is 3.42. The summed E-state index contributed by atoms with van der Waals surface area (Å²) in [7, 11) is 0. The van der Waals surface area contributed by atoms with E-state index in [0.717, 1.165) is 16.3 Å². The molecule has 0 bridgehead atoms. The summed E-state index contributed by atoms with van der Waals surface area (Å²) in [5, 5.41) is 1.70. The van der Waals surface area contributed by atoms with Gasteiger partial charge in [-0.3, -0.25) is 4.79 Å². The average Bonchev–Trinajstić information content (AvgIpc) is 2.64. The molecule has 0 unspecified atom stereocenters. The molecule has 0 amide bonds. The second-order valence-corrected chi connectivity index (χ2v) is 5.33. The van der Waals surface area contributed by atoms with E-state index in [0.29, 0.717) is 11.3 Å². The van der Waals surface area contributed by atoms with Crippen LogP contribution in [0.2, 0.25) is 0 Å². The summed E-state index contributed by atoms with van der Waals surface area (Å²) in [4.78, 5) is 10.8. The van der Waals surface area contributed by atoms with Gasteiger partial charge in [0.25, 0.3) is 0 Å². The predicted molar refractivity (Wildman–Crippen MR) is 108 cm³/mol. The Morgan fingerprint density at radius 3 is 2.31 bits per heavy atom. The summed E-state index contributed by atoms with van der Waals surface area (Å²) in [6.45, 7) is 16.9. The van der Waals surface area contributed by atoms with Crippen molar-refractivity contribution in [2.24, 2.45) is 0 Å². The molecule has 0 fully saturated rings. The Balaban J connectivity index is 0.00000146. The Hall–Kier alpha value is -2.36. The summed E-state index contributed by atoms with van der Waals surface area (Å²) < 4.78 is 24.2. The smallest absolute Gasteiger partial charge is 0.305 e. The molecule has 0 aliphatic rings. The van der Waals surface area contributed by atoms with Gasteiger partial charge in [-0.2, -0.15) is 0 Å². The summed E-state index contributed by atoms with van der Waals surface area (Å²) in [6.07, 6.45) is 1.53. The van der Waals surface area contributed by atoms with Crippen LogP contribution >= 0.6 is 0 Å². The Kier molecular flexibility index (Phi) is 11.0. The Morgan fingerprint density at radius 1 is 1.19 bits per heavy atom. The summed E-state index contributed by atoms with van der Waals surface area (Å²) >= 11 is 0. The van der Waals surface area contributed by atoms with Gasteiger partial charge in [-0.1, -0.05) is 60.3 Å². The fraction of sp³-hybridized carbons (Fsp3) is 0.409. The minimum absolute atomic E-state index is 0.145. The highest BCUT2D eigenvalue weighted by Gasteiger charge is 2.14. The topological polar surface area (TPSA) is 35.5 Å². The summed E-state index contributed by atoms with van der Waals surface area (Å²) in [6, 6.07) is 6.78. The van der Waals surface area contributed by atoms with Gasteiger partial charge >= 0.3 is 5.97 Å². The lowest BCUT2D eigenvalue weighted by Gasteiger charge is -2.16. The van der Waals surface area contributed by atoms with Gasteiger partial charge in [-0.25, -0.2) is 4.39 Å². The van der Waals surface area contributed by atoms with Gasteiger partial charge in [0.2, 0.25) is 6.79 Å². The number of esters is 1. The number of carbonyl (C=O) groups is 1. The van der Waals surface area contributed by atoms with E-state index < -0.39 is 5.97 Å². The van der Waals surface area contributed by atoms with Crippen molar-refractivity contribution in [2.45, 2.75) is 54.4 Å². The molecule has 0 aromatic heterocycles. The molecule has 0 spiro atoms. The normalized spacial score (nSPS) is 9.58. The number of rotatable bonds is 5. The van der Waals surface area contributed by atoms with Gasteiger partial charge in [0.15, 0.2) is 0 Å². The number of benzene rings is 2. The zero-order chi connectivity index (χ0) is 20.3. The molecule has 0 atom stereocenters. The van der Waals surface area contributed by atoms with Crippen LogP contribution < -0.4 is 4.74 Å². The monoisotopic (exact) mass is 362 g/mol. The van der Waals surface area contributed by atoms with Gasteiger partial charge in [-0.15, -0.1) is 0 Å². The summed E-state index contributed by atoms with van der Waals surface area (Å²) in [5.74, 6) is 0.0678. The maximum Gasteiger partial charge on any atom is 0.305 e. The molecule has 0 radical (unpaired) electrons. The molecule has 0 heterocycles. The first-order chi connectivity index (χ1) is 12.4. The third kappa shape index (κ3) is 6.17. The zero-order valence-corrected chi connectivity index (χ0v) is 17.0. The molecule has 0 aliphatic carbocycles. The highest BCUT2D eigenvalue weighted by Crippen LogP contribution is 2.34. The van der Waals surface area contributed by atoms with Gasteiger partial charge in [-0.05, 0) is 40.5 Å². The fourth-order valence-electron chi connectivity index (χ4n) is 2.39. The molecule has 2 rings (SSSR count). The molecule has 4 heteroatoms. The lowest BCUT2D eigenvalue weighted by Crippen LogP contribution is -2.07. The number of hydrogen-bond donors (Lipinski definition) is 0. The molecule has 26 heavy (non-hydrogen) atoms. The van der Waals surface area contributed by atoms with Crippen molar-refractivity contribution in [2.75, 3.05) is 6.79 Å². The molecule has 2 aromatic carbocycles. The third-order valence-electron chi connectivity index (χ3n) is 3.42. The lowest BCUT2D eigenvalue weighted by atomic mass is 9.92. The SMILES string of the molecule is C=Cc1c(F)ccc2cc(OCOC(C)=O)cc(C(C)C)c12.CC.CC. The number of ether oxygens (including phenoxy) is 2. The number of fused-ring (bicyclic) bond motifs is 1. The second kappa shape index (κ2) is 12.1. The lowest BCUT2D eigenvalue weighted by molar-refractivity contribution is -0.147. The van der Waals surface area contributed by atoms with Crippen molar-refractivity contribution in [1.82, 2.24) is 0 Å². The largest absolute Gasteiger partial charge is 0.457 e. The van der Waals surface area contributed by atoms with Crippen LogP contribution in [0, 0.1) is 5.82 Å². The average molecular weight is 362 g/mol. The minimum Gasteiger partial charge on any atom is -0.457 e. The molecule has 144 valence electrons. The molecule has 0 N–H and O–H groups in total. The van der Waals surface area contributed by atoms with Gasteiger partial charge < -0.3 is 9.47 Å². The van der Waals surface area contributed by atoms with E-state index in [1.807, 2.05) is 47.6 Å². The van der Waals surface area contributed by atoms with E-state index >= 15 is 0 Å². The first-order valence-electron chi connectivity index (χ1n) is 9.08. The van der Waals surface area contributed by atoms with Crippen molar-refractivity contribution >= 4 is 22.8 Å². The Bertz CT molecular complexity index is 721. The number of carbonyl (C=O) groups excluding carboxylic acids is 1. The molecule has 0 saturated carbocycles. The number of halogens is 1. The van der Waals surface area contributed by atoms with Gasteiger partial charge in [0.1, 0.15) is 11.6 Å². The van der Waals surface area contributed by atoms with E-state index in [-0.39, 0.29) is 18.5 Å². The standard InChI is InChI=1S/C18H19FO3.2C2H6/c1-5-15-17(19)7-6-13-8-14(22-10-21-12(4)20)9-16(11(2)3)18(13)15;2*1-2/h5-9,11H,1,10H2,2-4H3;2*1-2H3. The first kappa shape index (κ1) is 23.6. The Morgan fingerprint density at radius 2 is 1.81 bits per heavy atom. The maximum atomic E-state index is 14.0. The van der Waals surface area contributed by atoms with Crippen molar-refractivity contribution < 1.29 is 18.7 Å². The van der Waals surface area contributed by atoms with E-state index in [9.17, 15) is 9.18 Å². The van der Waals surface area contributed by atoms with Crippen LogP contribution in [-0.2, 0) is 9.53 Å². The van der Waals surface area contributed by atoms with Crippen molar-refractivity contribution in [3.05, 3.63) is 47.8 Å². The molecular weight excluding hydrogens is 331 g/mol. The maximum absolute atomic E-state index is 14.0. The predicted octanol–water partition coefficient (Wildman–Crippen LogP) is 6.70. The molecule has 2 aromatic rings. The first-order valence-corrected chi connectivity index (χ1v) is 9.08. The van der Waals surface area contributed by atoms with Crippen LogP contribution in [0.15, 0.2) is 30.8 Å². The van der Waals surface area contributed by atoms with Crippen LogP contribution in [0.3, 0.4) is 0 Å². The van der Waals surface area contributed by atoms with Crippen molar-refractivity contribution in [3.8, 4) is 5.75 Å². The zero-order valence-electron chi connectivity index (χ0n) is 17.0. The van der Waals surface area contributed by atoms with Crippen LogP contribution in [0.4, 0.5) is 4.39 Å². The highest BCUT2D eigenvalue weighted by atomic mass is 19.1. The minimum atomic E-state index is -0.402. The van der Waals surface area contributed by atoms with Crippen LogP contribution in [0.5, 0.6) is 5.75 Å². The summed E-state index contributed by atoms with van der Waals surface area (Å²) in [5.41, 5.74) is 1.46. The molecule has 0 aliphatic heterocycles. The second-order valence-electron chi connectivity index (χ2n) is 5.33. The van der Waals surface area contributed by atoms with E-state index in [1.54, 1.807) is 12.1 Å². The van der Waals surface area contributed by atoms with E-state index in [1.165, 1.54) is 19.1 Å². The Labute approximate surface area is 156 Å². The molecule has 3 nitrogen and oxygen atoms in total. The van der Waals surface area contributed by atoms with Crippen molar-refractivity contribution in [1.29, 1.82) is 0 Å². The van der Waals surface area contributed by atoms with Gasteiger partial charge in [0.05, 0.1) is 0 Å². The quantitative estimate of drug-likeness (QED) is 0.439. The highest BCUT2D eigenvalue weighted by molar-refractivity contribution is 5.94. The van der Waals surface area contributed by atoms with E-state index in [2.05, 4.69) is 6.58 Å². The van der Waals surface area contributed by atoms with Crippen LogP contribution in [0.1, 0.15) is 65.5 Å². The fourth-order valence-corrected chi connectivity index (χ4v) is 2.39. The van der Waals surface area contributed by atoms with Crippen LogP contribution in [-0.4, -0.2) is 12.8 Å². The van der Waals surface area contributed by atoms with Gasteiger partial charge in [0, 0.05) is 12.5 Å². The van der Waals surface area contributed by atoms with Crippen molar-refractivity contribution in [3.63, 3.8) is 0 Å². The van der Waals surface area contributed by atoms with Crippen LogP contribution in [0.25, 0.3) is 16.8 Å². The van der Waals surface area contributed by atoms with E-state index in [4.69, 9.17) is 9.47 Å². The molecular formula is C22H31FO3. The number of hydrogen-bond acceptors (Lipinski definition) is 3. The molecule has 0 saturated heterocycles.